The van der Waals surface area contributed by atoms with E-state index in [2.05, 4.69) is 26.1 Å². The highest BCUT2D eigenvalue weighted by atomic mass is 32.1. The summed E-state index contributed by atoms with van der Waals surface area (Å²) < 4.78 is 21.1. The number of nitrogens with zero attached hydrogens (tertiary/aromatic N) is 5. The number of nitriles is 1. The fraction of sp³-hybridized carbons (Fsp3) is 0.273. The molecule has 0 bridgehead atoms. The summed E-state index contributed by atoms with van der Waals surface area (Å²) in [7, 11) is 0. The molecule has 0 radical (unpaired) electrons. The van der Waals surface area contributed by atoms with Gasteiger partial charge in [-0.25, -0.2) is 14.2 Å². The lowest BCUT2D eigenvalue weighted by Gasteiger charge is -2.01. The van der Waals surface area contributed by atoms with E-state index in [4.69, 9.17) is 16.3 Å². The van der Waals surface area contributed by atoms with Gasteiger partial charge in [-0.2, -0.15) is 16.6 Å². The number of Topliss-reactive ketones (excluding diaryl/α,β-unsaturated/α-hetero) is 1. The Bertz CT molecular complexity index is 1430. The van der Waals surface area contributed by atoms with Crippen molar-refractivity contribution in [2.24, 2.45) is 5.41 Å². The van der Waals surface area contributed by atoms with E-state index in [1.54, 1.807) is 24.3 Å². The summed E-state index contributed by atoms with van der Waals surface area (Å²) in [6.45, 7) is 7.09. The zero-order valence-corrected chi connectivity index (χ0v) is 18.2. The third kappa shape index (κ3) is 3.91. The van der Waals surface area contributed by atoms with Gasteiger partial charge in [0.25, 0.3) is 0 Å². The third-order valence-electron chi connectivity index (χ3n) is 5.29. The van der Waals surface area contributed by atoms with Crippen molar-refractivity contribution in [2.45, 2.75) is 32.1 Å². The van der Waals surface area contributed by atoms with E-state index < -0.39 is 5.41 Å². The Morgan fingerprint density at radius 3 is 2.78 bits per heavy atom. The van der Waals surface area contributed by atoms with Crippen LogP contribution >= 0.6 is 22.7 Å². The number of rotatable bonds is 7. The Kier molecular flexibility index (Phi) is 5.04. The second-order valence-corrected chi connectivity index (χ2v) is 9.83. The maximum absolute atomic E-state index is 15.1. The highest BCUT2D eigenvalue weighted by Crippen LogP contribution is 2.48. The van der Waals surface area contributed by atoms with Gasteiger partial charge in [-0.15, -0.1) is 21.5 Å². The van der Waals surface area contributed by atoms with Gasteiger partial charge in [0.2, 0.25) is 16.8 Å². The van der Waals surface area contributed by atoms with E-state index in [-0.39, 0.29) is 36.8 Å². The lowest BCUT2D eigenvalue weighted by molar-refractivity contribution is -0.119. The van der Waals surface area contributed by atoms with Gasteiger partial charge < -0.3 is 4.42 Å². The first-order valence-corrected chi connectivity index (χ1v) is 11.4. The average Bonchev–Trinajstić information content (AvgIpc) is 3.15. The standard InChI is InChI=1S/C22H14FN5O2S2/c1-25-18-5-4-15(31-18)13-2-3-14-21(20(13)23)32-19(26-14)9-17-28-27-16(30-17)8-12(29)10-22(11-24)6-7-22/h2-5H,6-10H2. The molecule has 1 saturated carbocycles. The molecule has 1 fully saturated rings. The SMILES string of the molecule is [C-]#[N+]c1ccc(-c2ccc3nc(Cc4nnc(CC(=O)CC5(C#N)CC5)o4)sc3c2F)s1. The van der Waals surface area contributed by atoms with Crippen LogP contribution in [-0.2, 0) is 17.6 Å². The van der Waals surface area contributed by atoms with Gasteiger partial charge in [-0.1, -0.05) is 6.07 Å². The number of carbonyl (C=O) groups is 1. The smallest absolute Gasteiger partial charge is 0.241 e. The predicted octanol–water partition coefficient (Wildman–Crippen LogP) is 5.49. The molecule has 32 heavy (non-hydrogen) atoms. The van der Waals surface area contributed by atoms with Gasteiger partial charge in [0.1, 0.15) is 10.8 Å². The lowest BCUT2D eigenvalue weighted by atomic mass is 10.00. The molecule has 4 aromatic rings. The van der Waals surface area contributed by atoms with Crippen molar-refractivity contribution in [2.75, 3.05) is 0 Å². The van der Waals surface area contributed by atoms with E-state index in [9.17, 15) is 4.79 Å². The van der Waals surface area contributed by atoms with Crippen LogP contribution in [0.3, 0.4) is 0 Å². The first kappa shape index (κ1) is 20.4. The molecule has 0 N–H and O–H groups in total. The van der Waals surface area contributed by atoms with Gasteiger partial charge in [0.15, 0.2) is 5.82 Å². The van der Waals surface area contributed by atoms with Crippen molar-refractivity contribution in [3.8, 4) is 16.5 Å². The van der Waals surface area contributed by atoms with Crippen LogP contribution in [0.4, 0.5) is 9.39 Å². The number of benzene rings is 1. The number of thiazole rings is 1. The summed E-state index contributed by atoms with van der Waals surface area (Å²) in [6.07, 6.45) is 1.96. The summed E-state index contributed by atoms with van der Waals surface area (Å²) in [6, 6.07) is 9.05. The molecule has 0 atom stereocenters. The normalized spacial score (nSPS) is 14.2. The maximum atomic E-state index is 15.1. The Morgan fingerprint density at radius 1 is 1.25 bits per heavy atom. The van der Waals surface area contributed by atoms with Crippen LogP contribution in [0.15, 0.2) is 28.7 Å². The summed E-state index contributed by atoms with van der Waals surface area (Å²) in [5.74, 6) is 0.0484. The van der Waals surface area contributed by atoms with E-state index in [0.29, 0.717) is 36.6 Å². The molecule has 7 nitrogen and oxygen atoms in total. The minimum atomic E-state index is -0.496. The van der Waals surface area contributed by atoms with E-state index in [0.717, 1.165) is 12.8 Å². The fourth-order valence-electron chi connectivity index (χ4n) is 3.45. The second-order valence-electron chi connectivity index (χ2n) is 7.68. The molecule has 1 aromatic carbocycles. The van der Waals surface area contributed by atoms with Crippen LogP contribution in [0.25, 0.3) is 25.5 Å². The lowest BCUT2D eigenvalue weighted by Crippen LogP contribution is -2.10. The zero-order valence-electron chi connectivity index (χ0n) is 16.6. The molecule has 10 heteroatoms. The van der Waals surface area contributed by atoms with Gasteiger partial charge in [-0.3, -0.25) is 4.79 Å². The molecular formula is C22H14FN5O2S2. The molecular weight excluding hydrogens is 449 g/mol. The number of hydrogen-bond donors (Lipinski definition) is 0. The molecule has 3 heterocycles. The van der Waals surface area contributed by atoms with Crippen LogP contribution in [0.1, 0.15) is 36.1 Å². The molecule has 3 aromatic heterocycles. The number of thiophene rings is 1. The molecule has 1 aliphatic rings. The number of aromatic nitrogens is 3. The van der Waals surface area contributed by atoms with Crippen molar-refractivity contribution < 1.29 is 13.6 Å². The van der Waals surface area contributed by atoms with Crippen molar-refractivity contribution in [1.29, 1.82) is 5.26 Å². The fourth-order valence-corrected chi connectivity index (χ4v) is 5.26. The van der Waals surface area contributed by atoms with E-state index >= 15 is 4.39 Å². The molecule has 0 aliphatic heterocycles. The highest BCUT2D eigenvalue weighted by Gasteiger charge is 2.44. The highest BCUT2D eigenvalue weighted by molar-refractivity contribution is 7.20. The monoisotopic (exact) mass is 463 g/mol. The van der Waals surface area contributed by atoms with Crippen LogP contribution in [0, 0.1) is 29.1 Å². The van der Waals surface area contributed by atoms with Crippen molar-refractivity contribution in [3.05, 3.63) is 58.3 Å². The van der Waals surface area contributed by atoms with Crippen molar-refractivity contribution in [1.82, 2.24) is 15.2 Å². The first-order valence-electron chi connectivity index (χ1n) is 9.78. The molecule has 0 spiro atoms. The largest absolute Gasteiger partial charge is 0.424 e. The van der Waals surface area contributed by atoms with E-state index in [1.807, 2.05) is 0 Å². The van der Waals surface area contributed by atoms with E-state index in [1.165, 1.54) is 22.7 Å². The summed E-state index contributed by atoms with van der Waals surface area (Å²) in [5, 5.41) is 18.1. The third-order valence-corrected chi connectivity index (χ3v) is 7.37. The average molecular weight is 464 g/mol. The Morgan fingerprint density at radius 2 is 2.06 bits per heavy atom. The molecule has 0 amide bonds. The molecule has 158 valence electrons. The second kappa shape index (κ2) is 7.90. The Labute approximate surface area is 190 Å². The van der Waals surface area contributed by atoms with Crippen LogP contribution in [0.2, 0.25) is 0 Å². The first-order chi connectivity index (χ1) is 15.5. The minimum absolute atomic E-state index is 0.00166. The van der Waals surface area contributed by atoms with Crippen LogP contribution in [0.5, 0.6) is 0 Å². The van der Waals surface area contributed by atoms with Gasteiger partial charge >= 0.3 is 0 Å². The number of halogens is 1. The molecule has 5 rings (SSSR count). The molecule has 1 aliphatic carbocycles. The Balaban J connectivity index is 1.32. The van der Waals surface area contributed by atoms with Crippen LogP contribution in [-0.4, -0.2) is 21.0 Å². The quantitative estimate of drug-likeness (QED) is 0.336. The summed E-state index contributed by atoms with van der Waals surface area (Å²) >= 11 is 2.46. The van der Waals surface area contributed by atoms with Crippen molar-refractivity contribution in [3.63, 3.8) is 0 Å². The Hall–Kier alpha value is -3.47. The molecule has 0 unspecified atom stereocenters. The topological polar surface area (TPSA) is 97.0 Å². The predicted molar refractivity (Wildman–Crippen MR) is 117 cm³/mol. The van der Waals surface area contributed by atoms with Crippen LogP contribution < -0.4 is 0 Å². The summed E-state index contributed by atoms with van der Waals surface area (Å²) in [4.78, 5) is 20.7. The van der Waals surface area contributed by atoms with Gasteiger partial charge in [-0.05, 0) is 31.0 Å². The number of hydrogen-bond acceptors (Lipinski definition) is 8. The minimum Gasteiger partial charge on any atom is -0.424 e. The number of fused-ring (bicyclic) bond motifs is 1. The maximum Gasteiger partial charge on any atom is 0.241 e. The molecule has 0 saturated heterocycles. The van der Waals surface area contributed by atoms with Gasteiger partial charge in [0, 0.05) is 16.9 Å². The zero-order chi connectivity index (χ0) is 22.3. The number of ketones is 1. The van der Waals surface area contributed by atoms with Gasteiger partial charge in [0.05, 0.1) is 41.1 Å². The van der Waals surface area contributed by atoms with Crippen molar-refractivity contribution >= 4 is 43.7 Å². The summed E-state index contributed by atoms with van der Waals surface area (Å²) in [5.41, 5.74) is 0.483. The number of carbonyl (C=O) groups excluding carboxylic acids is 1.